The SMILES string of the molecule is COC(=O)COc1c(Br)cc(/C=C2/NC(=O)N(Cc3ccccc3)C2=O)cc1OC. The number of nitrogens with zero attached hydrogens (tertiary/aromatic N) is 1. The number of nitrogens with one attached hydrogen (secondary N) is 1. The first-order chi connectivity index (χ1) is 14.4. The molecule has 0 bridgehead atoms. The first-order valence-electron chi connectivity index (χ1n) is 8.88. The number of hydrogen-bond acceptors (Lipinski definition) is 6. The summed E-state index contributed by atoms with van der Waals surface area (Å²) >= 11 is 3.37. The summed E-state index contributed by atoms with van der Waals surface area (Å²) in [6, 6.07) is 12.1. The predicted octanol–water partition coefficient (Wildman–Crippen LogP) is 3.10. The number of amides is 3. The second kappa shape index (κ2) is 9.45. The molecule has 2 aromatic rings. The Morgan fingerprint density at radius 3 is 2.57 bits per heavy atom. The van der Waals surface area contributed by atoms with Gasteiger partial charge in [0, 0.05) is 0 Å². The van der Waals surface area contributed by atoms with Crippen molar-refractivity contribution in [2.75, 3.05) is 20.8 Å². The molecule has 30 heavy (non-hydrogen) atoms. The fourth-order valence-electron chi connectivity index (χ4n) is 2.80. The predicted molar refractivity (Wildman–Crippen MR) is 112 cm³/mol. The number of carbonyl (C=O) groups is 3. The van der Waals surface area contributed by atoms with Crippen molar-refractivity contribution in [2.45, 2.75) is 6.54 Å². The van der Waals surface area contributed by atoms with E-state index >= 15 is 0 Å². The van der Waals surface area contributed by atoms with E-state index in [0.29, 0.717) is 21.5 Å². The summed E-state index contributed by atoms with van der Waals surface area (Å²) in [6.07, 6.45) is 1.54. The Balaban J connectivity index is 1.82. The van der Waals surface area contributed by atoms with Crippen molar-refractivity contribution >= 4 is 39.9 Å². The zero-order chi connectivity index (χ0) is 21.7. The van der Waals surface area contributed by atoms with Gasteiger partial charge in [0.2, 0.25) is 0 Å². The quantitative estimate of drug-likeness (QED) is 0.376. The minimum Gasteiger partial charge on any atom is -0.493 e. The Morgan fingerprint density at radius 2 is 1.90 bits per heavy atom. The minimum absolute atomic E-state index is 0.146. The van der Waals surface area contributed by atoms with Gasteiger partial charge < -0.3 is 19.5 Å². The topological polar surface area (TPSA) is 94.2 Å². The highest BCUT2D eigenvalue weighted by Crippen LogP contribution is 2.37. The second-order valence-corrected chi connectivity index (χ2v) is 7.12. The molecule has 1 aliphatic heterocycles. The van der Waals surface area contributed by atoms with Crippen LogP contribution in [0.4, 0.5) is 4.79 Å². The van der Waals surface area contributed by atoms with E-state index in [1.165, 1.54) is 14.2 Å². The van der Waals surface area contributed by atoms with Gasteiger partial charge in [-0.05, 0) is 45.3 Å². The third-order valence-electron chi connectivity index (χ3n) is 4.27. The lowest BCUT2D eigenvalue weighted by atomic mass is 10.1. The average Bonchev–Trinajstić information content (AvgIpc) is 3.00. The molecular weight excluding hydrogens is 456 g/mol. The molecule has 0 unspecified atom stereocenters. The molecule has 0 atom stereocenters. The van der Waals surface area contributed by atoms with Crippen molar-refractivity contribution in [1.29, 1.82) is 0 Å². The molecular formula is C21H19BrN2O6. The lowest BCUT2D eigenvalue weighted by Gasteiger charge is -2.13. The first kappa shape index (κ1) is 21.4. The lowest BCUT2D eigenvalue weighted by molar-refractivity contribution is -0.143. The maximum Gasteiger partial charge on any atom is 0.343 e. The van der Waals surface area contributed by atoms with Crippen molar-refractivity contribution in [3.63, 3.8) is 0 Å². The van der Waals surface area contributed by atoms with Gasteiger partial charge >= 0.3 is 12.0 Å². The van der Waals surface area contributed by atoms with Crippen LogP contribution in [0.5, 0.6) is 11.5 Å². The van der Waals surface area contributed by atoms with Gasteiger partial charge in [-0.2, -0.15) is 0 Å². The molecule has 0 saturated carbocycles. The molecule has 1 heterocycles. The van der Waals surface area contributed by atoms with Crippen LogP contribution in [0.25, 0.3) is 6.08 Å². The zero-order valence-corrected chi connectivity index (χ0v) is 17.9. The molecule has 0 aromatic heterocycles. The van der Waals surface area contributed by atoms with Gasteiger partial charge in [-0.3, -0.25) is 9.69 Å². The maximum absolute atomic E-state index is 12.7. The van der Waals surface area contributed by atoms with Crippen molar-refractivity contribution < 1.29 is 28.6 Å². The van der Waals surface area contributed by atoms with Gasteiger partial charge in [0.1, 0.15) is 5.70 Å². The number of esters is 1. The van der Waals surface area contributed by atoms with E-state index in [1.807, 2.05) is 30.3 Å². The molecule has 1 aliphatic rings. The number of halogens is 1. The van der Waals surface area contributed by atoms with Gasteiger partial charge in [-0.15, -0.1) is 0 Å². The van der Waals surface area contributed by atoms with Crippen molar-refractivity contribution in [1.82, 2.24) is 10.2 Å². The van der Waals surface area contributed by atoms with Crippen molar-refractivity contribution in [3.8, 4) is 11.5 Å². The summed E-state index contributed by atoms with van der Waals surface area (Å²) in [5, 5.41) is 2.59. The third kappa shape index (κ3) is 4.80. The number of hydrogen-bond donors (Lipinski definition) is 1. The summed E-state index contributed by atoms with van der Waals surface area (Å²) in [4.78, 5) is 37.4. The van der Waals surface area contributed by atoms with E-state index < -0.39 is 17.9 Å². The van der Waals surface area contributed by atoms with Gasteiger partial charge in [0.15, 0.2) is 18.1 Å². The summed E-state index contributed by atoms with van der Waals surface area (Å²) in [5.74, 6) is -0.298. The van der Waals surface area contributed by atoms with Crippen LogP contribution in [0, 0.1) is 0 Å². The Morgan fingerprint density at radius 1 is 1.17 bits per heavy atom. The summed E-state index contributed by atoms with van der Waals surface area (Å²) < 4.78 is 15.8. The molecule has 1 saturated heterocycles. The monoisotopic (exact) mass is 474 g/mol. The molecule has 1 N–H and O–H groups in total. The number of carbonyl (C=O) groups excluding carboxylic acids is 3. The third-order valence-corrected chi connectivity index (χ3v) is 4.86. The molecule has 3 amide bonds. The largest absolute Gasteiger partial charge is 0.493 e. The highest BCUT2D eigenvalue weighted by molar-refractivity contribution is 9.10. The van der Waals surface area contributed by atoms with Crippen LogP contribution in [-0.2, 0) is 20.9 Å². The van der Waals surface area contributed by atoms with Crippen LogP contribution in [0.2, 0.25) is 0 Å². The highest BCUT2D eigenvalue weighted by Gasteiger charge is 2.33. The van der Waals surface area contributed by atoms with Crippen LogP contribution in [-0.4, -0.2) is 43.6 Å². The Bertz CT molecular complexity index is 1010. The second-order valence-electron chi connectivity index (χ2n) is 6.26. The molecule has 0 radical (unpaired) electrons. The summed E-state index contributed by atoms with van der Waals surface area (Å²) in [7, 11) is 2.72. The molecule has 2 aromatic carbocycles. The van der Waals surface area contributed by atoms with E-state index in [-0.39, 0.29) is 18.8 Å². The molecule has 8 nitrogen and oxygen atoms in total. The zero-order valence-electron chi connectivity index (χ0n) is 16.3. The molecule has 3 rings (SSSR count). The van der Waals surface area contributed by atoms with Crippen LogP contribution in [0.1, 0.15) is 11.1 Å². The fraction of sp³-hybridized carbons (Fsp3) is 0.190. The van der Waals surface area contributed by atoms with Gasteiger partial charge in [0.25, 0.3) is 5.91 Å². The fourth-order valence-corrected chi connectivity index (χ4v) is 3.38. The summed E-state index contributed by atoms with van der Waals surface area (Å²) in [6.45, 7) is -0.106. The number of urea groups is 1. The average molecular weight is 475 g/mol. The van der Waals surface area contributed by atoms with Gasteiger partial charge in [-0.25, -0.2) is 9.59 Å². The number of methoxy groups -OCH3 is 2. The molecule has 156 valence electrons. The Labute approximate surface area is 181 Å². The number of rotatable bonds is 7. The molecule has 0 aliphatic carbocycles. The van der Waals surface area contributed by atoms with E-state index in [4.69, 9.17) is 9.47 Å². The van der Waals surface area contributed by atoms with E-state index in [1.54, 1.807) is 18.2 Å². The van der Waals surface area contributed by atoms with Gasteiger partial charge in [0.05, 0.1) is 25.2 Å². The van der Waals surface area contributed by atoms with E-state index in [9.17, 15) is 14.4 Å². The summed E-state index contributed by atoms with van der Waals surface area (Å²) in [5.41, 5.74) is 1.58. The first-order valence-corrected chi connectivity index (χ1v) is 9.68. The highest BCUT2D eigenvalue weighted by atomic mass is 79.9. The molecule has 1 fully saturated rings. The van der Waals surface area contributed by atoms with Crippen LogP contribution in [0.3, 0.4) is 0 Å². The standard InChI is InChI=1S/C21H19BrN2O6/c1-28-17-10-14(8-15(22)19(17)30-12-18(25)29-2)9-16-20(26)24(21(27)23-16)11-13-6-4-3-5-7-13/h3-10H,11-12H2,1-2H3,(H,23,27)/b16-9+. The number of benzene rings is 2. The Hall–Kier alpha value is -3.33. The van der Waals surface area contributed by atoms with Crippen molar-refractivity contribution in [3.05, 3.63) is 63.8 Å². The minimum atomic E-state index is -0.534. The number of ether oxygens (including phenoxy) is 3. The maximum atomic E-state index is 12.7. The smallest absolute Gasteiger partial charge is 0.343 e. The van der Waals surface area contributed by atoms with Gasteiger partial charge in [-0.1, -0.05) is 30.3 Å². The van der Waals surface area contributed by atoms with Crippen LogP contribution < -0.4 is 14.8 Å². The normalized spacial score (nSPS) is 14.6. The van der Waals surface area contributed by atoms with Crippen molar-refractivity contribution in [2.24, 2.45) is 0 Å². The molecule has 0 spiro atoms. The van der Waals surface area contributed by atoms with Crippen LogP contribution >= 0.6 is 15.9 Å². The number of imide groups is 1. The Kier molecular flexibility index (Phi) is 6.73. The van der Waals surface area contributed by atoms with E-state index in [0.717, 1.165) is 10.5 Å². The lowest BCUT2D eigenvalue weighted by Crippen LogP contribution is -2.30. The molecule has 9 heteroatoms. The van der Waals surface area contributed by atoms with Crippen LogP contribution in [0.15, 0.2) is 52.6 Å². The van der Waals surface area contributed by atoms with E-state index in [2.05, 4.69) is 26.0 Å².